The van der Waals surface area contributed by atoms with Crippen molar-refractivity contribution in [2.75, 3.05) is 11.4 Å². The van der Waals surface area contributed by atoms with Crippen LogP contribution in [-0.4, -0.2) is 22.6 Å². The summed E-state index contributed by atoms with van der Waals surface area (Å²) in [6.07, 6.45) is 2.89. The van der Waals surface area contributed by atoms with Crippen LogP contribution in [-0.2, 0) is 0 Å². The van der Waals surface area contributed by atoms with Crippen LogP contribution in [0.5, 0.6) is 0 Å². The standard InChI is InChI=1S/C13H17BrN4/c1-9(2)18(7-3-6-15)12-8-11(14)16-13(17-12)10-4-5-10/h8-10H,3-5,7H2,1-2H3. The van der Waals surface area contributed by atoms with E-state index in [0.29, 0.717) is 24.9 Å². The van der Waals surface area contributed by atoms with Gasteiger partial charge in [-0.2, -0.15) is 5.26 Å². The minimum atomic E-state index is 0.326. The number of nitrogens with zero attached hydrogens (tertiary/aromatic N) is 4. The average molecular weight is 309 g/mol. The molecule has 18 heavy (non-hydrogen) atoms. The van der Waals surface area contributed by atoms with Crippen molar-refractivity contribution in [1.82, 2.24) is 9.97 Å². The third-order valence-corrected chi connectivity index (χ3v) is 3.43. The topological polar surface area (TPSA) is 52.8 Å². The predicted molar refractivity (Wildman–Crippen MR) is 74.4 cm³/mol. The largest absolute Gasteiger partial charge is 0.353 e. The van der Waals surface area contributed by atoms with E-state index in [0.717, 1.165) is 16.2 Å². The number of anilines is 1. The Balaban J connectivity index is 2.25. The molecule has 1 aromatic heterocycles. The Morgan fingerprint density at radius 2 is 2.22 bits per heavy atom. The lowest BCUT2D eigenvalue weighted by molar-refractivity contribution is 0.671. The molecule has 0 unspecified atom stereocenters. The molecule has 1 aliphatic rings. The minimum Gasteiger partial charge on any atom is -0.353 e. The molecule has 1 fully saturated rings. The Hall–Kier alpha value is -1.15. The van der Waals surface area contributed by atoms with Crippen molar-refractivity contribution in [2.45, 2.75) is 45.1 Å². The normalized spacial score (nSPS) is 14.6. The van der Waals surface area contributed by atoms with Gasteiger partial charge in [-0.1, -0.05) is 0 Å². The van der Waals surface area contributed by atoms with E-state index in [1.54, 1.807) is 0 Å². The van der Waals surface area contributed by atoms with Gasteiger partial charge in [-0.25, -0.2) is 9.97 Å². The summed E-state index contributed by atoms with van der Waals surface area (Å²) in [5.74, 6) is 2.39. The fourth-order valence-electron chi connectivity index (χ4n) is 1.90. The lowest BCUT2D eigenvalue weighted by Crippen LogP contribution is -2.32. The first-order chi connectivity index (χ1) is 8.61. The molecule has 2 rings (SSSR count). The summed E-state index contributed by atoms with van der Waals surface area (Å²) in [6.45, 7) is 4.94. The number of nitriles is 1. The molecular weight excluding hydrogens is 292 g/mol. The molecule has 1 aliphatic carbocycles. The Labute approximate surface area is 116 Å². The number of rotatable bonds is 5. The number of halogens is 1. The van der Waals surface area contributed by atoms with Crippen molar-refractivity contribution < 1.29 is 0 Å². The van der Waals surface area contributed by atoms with E-state index in [2.05, 4.69) is 50.7 Å². The van der Waals surface area contributed by atoms with Gasteiger partial charge in [0.15, 0.2) is 0 Å². The highest BCUT2D eigenvalue weighted by molar-refractivity contribution is 9.10. The second-order valence-corrected chi connectivity index (χ2v) is 5.69. The lowest BCUT2D eigenvalue weighted by atomic mass is 10.3. The van der Waals surface area contributed by atoms with Crippen molar-refractivity contribution in [3.63, 3.8) is 0 Å². The fourth-order valence-corrected chi connectivity index (χ4v) is 2.29. The molecule has 0 bridgehead atoms. The molecule has 0 atom stereocenters. The van der Waals surface area contributed by atoms with Gasteiger partial charge in [0, 0.05) is 24.6 Å². The summed E-state index contributed by atoms with van der Waals surface area (Å²) >= 11 is 3.45. The lowest BCUT2D eigenvalue weighted by Gasteiger charge is -2.27. The van der Waals surface area contributed by atoms with Gasteiger partial charge in [-0.3, -0.25) is 0 Å². The van der Waals surface area contributed by atoms with Crippen LogP contribution in [0.25, 0.3) is 0 Å². The van der Waals surface area contributed by atoms with Crippen molar-refractivity contribution in [3.05, 3.63) is 16.5 Å². The van der Waals surface area contributed by atoms with Gasteiger partial charge in [-0.05, 0) is 42.6 Å². The van der Waals surface area contributed by atoms with Crippen LogP contribution in [0.4, 0.5) is 5.82 Å². The average Bonchev–Trinajstić information content (AvgIpc) is 3.12. The number of hydrogen-bond acceptors (Lipinski definition) is 4. The van der Waals surface area contributed by atoms with Crippen LogP contribution in [0.2, 0.25) is 0 Å². The molecule has 0 saturated heterocycles. The zero-order valence-electron chi connectivity index (χ0n) is 10.7. The first kappa shape index (κ1) is 13.3. The third kappa shape index (κ3) is 3.20. The zero-order chi connectivity index (χ0) is 13.1. The highest BCUT2D eigenvalue weighted by Gasteiger charge is 2.28. The molecule has 0 aromatic carbocycles. The van der Waals surface area contributed by atoms with Gasteiger partial charge in [0.25, 0.3) is 0 Å². The number of hydrogen-bond donors (Lipinski definition) is 0. The van der Waals surface area contributed by atoms with E-state index in [1.807, 2.05) is 6.07 Å². The highest BCUT2D eigenvalue weighted by atomic mass is 79.9. The Kier molecular flexibility index (Phi) is 4.18. The maximum absolute atomic E-state index is 8.73. The fraction of sp³-hybridized carbons (Fsp3) is 0.615. The van der Waals surface area contributed by atoms with Crippen LogP contribution in [0.3, 0.4) is 0 Å². The van der Waals surface area contributed by atoms with E-state index in [-0.39, 0.29) is 0 Å². The van der Waals surface area contributed by atoms with Crippen LogP contribution in [0.1, 0.15) is 44.9 Å². The Morgan fingerprint density at radius 3 is 2.78 bits per heavy atom. The monoisotopic (exact) mass is 308 g/mol. The van der Waals surface area contributed by atoms with Crippen molar-refractivity contribution in [2.24, 2.45) is 0 Å². The minimum absolute atomic E-state index is 0.326. The van der Waals surface area contributed by atoms with Crippen molar-refractivity contribution in [1.29, 1.82) is 5.26 Å². The van der Waals surface area contributed by atoms with Crippen LogP contribution in [0, 0.1) is 11.3 Å². The molecule has 0 spiro atoms. The summed E-state index contributed by atoms with van der Waals surface area (Å²) in [5.41, 5.74) is 0. The van der Waals surface area contributed by atoms with E-state index in [1.165, 1.54) is 12.8 Å². The molecule has 4 nitrogen and oxygen atoms in total. The maximum atomic E-state index is 8.73. The van der Waals surface area contributed by atoms with E-state index in [9.17, 15) is 0 Å². The first-order valence-electron chi connectivity index (χ1n) is 6.30. The molecular formula is C13H17BrN4. The van der Waals surface area contributed by atoms with Crippen LogP contribution in [0.15, 0.2) is 10.7 Å². The van der Waals surface area contributed by atoms with Crippen molar-refractivity contribution >= 4 is 21.7 Å². The first-order valence-corrected chi connectivity index (χ1v) is 7.09. The molecule has 96 valence electrons. The van der Waals surface area contributed by atoms with Gasteiger partial charge in [0.1, 0.15) is 16.2 Å². The third-order valence-electron chi connectivity index (χ3n) is 3.02. The molecule has 1 saturated carbocycles. The SMILES string of the molecule is CC(C)N(CCC#N)c1cc(Br)nc(C2CC2)n1. The molecule has 5 heteroatoms. The predicted octanol–water partition coefficient (Wildman–Crippen LogP) is 3.24. The van der Waals surface area contributed by atoms with Gasteiger partial charge in [-0.15, -0.1) is 0 Å². The zero-order valence-corrected chi connectivity index (χ0v) is 12.3. The Morgan fingerprint density at radius 1 is 1.50 bits per heavy atom. The molecule has 0 amide bonds. The summed E-state index contributed by atoms with van der Waals surface area (Å²) in [6, 6.07) is 4.45. The maximum Gasteiger partial charge on any atom is 0.135 e. The molecule has 1 heterocycles. The van der Waals surface area contributed by atoms with Gasteiger partial charge in [0.05, 0.1) is 12.5 Å². The second-order valence-electron chi connectivity index (χ2n) is 4.88. The summed E-state index contributed by atoms with van der Waals surface area (Å²) in [7, 11) is 0. The van der Waals surface area contributed by atoms with Gasteiger partial charge in [0.2, 0.25) is 0 Å². The highest BCUT2D eigenvalue weighted by Crippen LogP contribution is 2.39. The molecule has 1 aromatic rings. The van der Waals surface area contributed by atoms with Crippen molar-refractivity contribution in [3.8, 4) is 6.07 Å². The number of aromatic nitrogens is 2. The second kappa shape index (κ2) is 5.66. The van der Waals surface area contributed by atoms with Gasteiger partial charge < -0.3 is 4.90 Å². The van der Waals surface area contributed by atoms with E-state index < -0.39 is 0 Å². The summed E-state index contributed by atoms with van der Waals surface area (Å²) in [5, 5.41) is 8.73. The summed E-state index contributed by atoms with van der Waals surface area (Å²) < 4.78 is 0.831. The summed E-state index contributed by atoms with van der Waals surface area (Å²) in [4.78, 5) is 11.2. The van der Waals surface area contributed by atoms with E-state index in [4.69, 9.17) is 5.26 Å². The quantitative estimate of drug-likeness (QED) is 0.784. The molecule has 0 radical (unpaired) electrons. The van der Waals surface area contributed by atoms with Crippen LogP contribution >= 0.6 is 15.9 Å². The van der Waals surface area contributed by atoms with Gasteiger partial charge >= 0.3 is 0 Å². The molecule has 0 aliphatic heterocycles. The smallest absolute Gasteiger partial charge is 0.135 e. The van der Waals surface area contributed by atoms with Crippen LogP contribution < -0.4 is 4.90 Å². The Bertz CT molecular complexity index is 463. The molecule has 0 N–H and O–H groups in total. The van der Waals surface area contributed by atoms with E-state index >= 15 is 0 Å².